The van der Waals surface area contributed by atoms with Crippen LogP contribution >= 0.6 is 23.1 Å². The highest BCUT2D eigenvalue weighted by Crippen LogP contribution is 2.35. The molecule has 1 aliphatic carbocycles. The first-order valence-corrected chi connectivity index (χ1v) is 11.0. The monoisotopic (exact) mass is 395 g/mol. The number of fused-ring (bicyclic) bond motifs is 3. The van der Waals surface area contributed by atoms with E-state index in [-0.39, 0.29) is 10.8 Å². The second-order valence-electron chi connectivity index (χ2n) is 6.87. The van der Waals surface area contributed by atoms with E-state index in [1.165, 1.54) is 34.2 Å². The molecule has 1 aliphatic rings. The fourth-order valence-corrected chi connectivity index (χ4v) is 5.70. The van der Waals surface area contributed by atoms with Crippen LogP contribution in [0.3, 0.4) is 0 Å². The van der Waals surface area contributed by atoms with Crippen LogP contribution in [0, 0.1) is 11.3 Å². The van der Waals surface area contributed by atoms with Gasteiger partial charge in [-0.1, -0.05) is 42.1 Å². The number of nitriles is 1. The lowest BCUT2D eigenvalue weighted by Crippen LogP contribution is -2.25. The molecule has 27 heavy (non-hydrogen) atoms. The van der Waals surface area contributed by atoms with E-state index in [2.05, 4.69) is 18.2 Å². The lowest BCUT2D eigenvalue weighted by atomic mass is 9.97. The summed E-state index contributed by atoms with van der Waals surface area (Å²) >= 11 is 3.04. The van der Waals surface area contributed by atoms with E-state index in [0.29, 0.717) is 11.7 Å². The summed E-state index contributed by atoms with van der Waals surface area (Å²) in [5, 5.41) is 10.5. The highest BCUT2D eigenvalue weighted by Gasteiger charge is 2.22. The topological polar surface area (TPSA) is 58.7 Å². The minimum atomic E-state index is -0.244. The van der Waals surface area contributed by atoms with Crippen LogP contribution in [-0.4, -0.2) is 14.8 Å². The first-order valence-electron chi connectivity index (χ1n) is 9.32. The molecule has 1 aromatic carbocycles. The number of thiophene rings is 1. The van der Waals surface area contributed by atoms with Crippen molar-refractivity contribution in [1.82, 2.24) is 9.55 Å². The van der Waals surface area contributed by atoms with Crippen molar-refractivity contribution in [2.75, 3.05) is 0 Å². The average Bonchev–Trinajstić information content (AvgIpc) is 3.06. The van der Waals surface area contributed by atoms with Crippen molar-refractivity contribution in [3.05, 3.63) is 56.7 Å². The molecule has 0 radical (unpaired) electrons. The third-order valence-electron chi connectivity index (χ3n) is 4.97. The molecule has 0 unspecified atom stereocenters. The van der Waals surface area contributed by atoms with Gasteiger partial charge >= 0.3 is 0 Å². The van der Waals surface area contributed by atoms with Gasteiger partial charge in [0.15, 0.2) is 5.16 Å². The number of rotatable bonds is 5. The zero-order valence-corrected chi connectivity index (χ0v) is 16.9. The lowest BCUT2D eigenvalue weighted by molar-refractivity contribution is 0.595. The molecule has 2 aromatic heterocycles. The summed E-state index contributed by atoms with van der Waals surface area (Å²) in [6, 6.07) is 12.4. The molecule has 0 saturated heterocycles. The van der Waals surface area contributed by atoms with E-state index >= 15 is 0 Å². The summed E-state index contributed by atoms with van der Waals surface area (Å²) < 4.78 is 1.79. The summed E-state index contributed by atoms with van der Waals surface area (Å²) in [5.74, 6) is 0. The smallest absolute Gasteiger partial charge is 0.263 e. The molecule has 0 aliphatic heterocycles. The van der Waals surface area contributed by atoms with Gasteiger partial charge in [0.1, 0.15) is 4.83 Å². The normalized spacial score (nSPS) is 14.7. The zero-order chi connectivity index (χ0) is 18.8. The quantitative estimate of drug-likeness (QED) is 0.468. The van der Waals surface area contributed by atoms with E-state index in [4.69, 9.17) is 4.98 Å². The van der Waals surface area contributed by atoms with Crippen LogP contribution in [0.25, 0.3) is 10.2 Å². The van der Waals surface area contributed by atoms with E-state index in [9.17, 15) is 10.1 Å². The summed E-state index contributed by atoms with van der Waals surface area (Å²) in [7, 11) is 0. The summed E-state index contributed by atoms with van der Waals surface area (Å²) in [5.41, 5.74) is 2.47. The minimum absolute atomic E-state index is 0.0583. The number of aromatic nitrogens is 2. The van der Waals surface area contributed by atoms with Gasteiger partial charge in [-0.25, -0.2) is 4.98 Å². The fraction of sp³-hybridized carbons (Fsp3) is 0.381. The molecular weight excluding hydrogens is 374 g/mol. The lowest BCUT2D eigenvalue weighted by Gasteiger charge is -2.14. The van der Waals surface area contributed by atoms with Gasteiger partial charge in [0.2, 0.25) is 0 Å². The molecule has 2 heterocycles. The van der Waals surface area contributed by atoms with Gasteiger partial charge in [-0.3, -0.25) is 9.36 Å². The van der Waals surface area contributed by atoms with E-state index in [1.807, 2.05) is 25.1 Å². The third-order valence-corrected chi connectivity index (χ3v) is 7.14. The predicted molar refractivity (Wildman–Crippen MR) is 112 cm³/mol. The highest BCUT2D eigenvalue weighted by atomic mass is 32.2. The van der Waals surface area contributed by atoms with Crippen molar-refractivity contribution in [2.24, 2.45) is 0 Å². The minimum Gasteiger partial charge on any atom is -0.287 e. The van der Waals surface area contributed by atoms with Crippen molar-refractivity contribution >= 4 is 33.3 Å². The summed E-state index contributed by atoms with van der Waals surface area (Å²) in [4.78, 5) is 20.4. The second kappa shape index (κ2) is 7.87. The number of aryl methyl sites for hydroxylation is 3. The summed E-state index contributed by atoms with van der Waals surface area (Å²) in [6.07, 6.45) is 5.14. The molecule has 0 amide bonds. The maximum Gasteiger partial charge on any atom is 0.263 e. The molecule has 0 spiro atoms. The van der Waals surface area contributed by atoms with Gasteiger partial charge in [0, 0.05) is 11.4 Å². The van der Waals surface area contributed by atoms with Gasteiger partial charge in [-0.15, -0.1) is 11.3 Å². The number of hydrogen-bond donors (Lipinski definition) is 0. The third kappa shape index (κ3) is 3.67. The summed E-state index contributed by atoms with van der Waals surface area (Å²) in [6.45, 7) is 2.43. The fourth-order valence-electron chi connectivity index (χ4n) is 3.58. The first kappa shape index (κ1) is 18.3. The largest absolute Gasteiger partial charge is 0.287 e. The van der Waals surface area contributed by atoms with E-state index < -0.39 is 0 Å². The Morgan fingerprint density at radius 1 is 1.30 bits per heavy atom. The first-order chi connectivity index (χ1) is 13.2. The standard InChI is InChI=1S/C21H21N3OS2/c1-14(13-22)26-21-23-19-18(16-9-5-6-10-17(16)27-19)20(25)24(21)12-11-15-7-3-2-4-8-15/h2-4,7-8,14H,5-6,9-12H2,1H3/t14-/m1/s1. The molecule has 138 valence electrons. The van der Waals surface area contributed by atoms with Crippen LogP contribution in [0.2, 0.25) is 0 Å². The Balaban J connectivity index is 1.80. The Kier molecular flexibility index (Phi) is 5.33. The van der Waals surface area contributed by atoms with Crippen molar-refractivity contribution in [1.29, 1.82) is 5.26 Å². The molecule has 4 rings (SSSR count). The van der Waals surface area contributed by atoms with Crippen LogP contribution in [0.4, 0.5) is 0 Å². The second-order valence-corrected chi connectivity index (χ2v) is 9.26. The Morgan fingerprint density at radius 3 is 2.85 bits per heavy atom. The van der Waals surface area contributed by atoms with Crippen molar-refractivity contribution in [3.63, 3.8) is 0 Å². The number of nitrogens with zero attached hydrogens (tertiary/aromatic N) is 3. The van der Waals surface area contributed by atoms with E-state index in [0.717, 1.165) is 35.9 Å². The SMILES string of the molecule is C[C@H](C#N)Sc1nc2sc3c(c2c(=O)n1CCc1ccccc1)CCCC3. The maximum atomic E-state index is 13.4. The van der Waals surface area contributed by atoms with Crippen LogP contribution in [-0.2, 0) is 25.8 Å². The van der Waals surface area contributed by atoms with Gasteiger partial charge < -0.3 is 0 Å². The molecule has 6 heteroatoms. The predicted octanol–water partition coefficient (Wildman–Crippen LogP) is 4.58. The molecule has 0 N–H and O–H groups in total. The molecule has 0 bridgehead atoms. The number of thioether (sulfide) groups is 1. The van der Waals surface area contributed by atoms with E-state index in [1.54, 1.807) is 15.9 Å². The Morgan fingerprint density at radius 2 is 2.07 bits per heavy atom. The van der Waals surface area contributed by atoms with Crippen LogP contribution in [0.5, 0.6) is 0 Å². The van der Waals surface area contributed by atoms with Crippen LogP contribution in [0.15, 0.2) is 40.3 Å². The number of benzene rings is 1. The van der Waals surface area contributed by atoms with Gasteiger partial charge in [0.25, 0.3) is 5.56 Å². The van der Waals surface area contributed by atoms with Gasteiger partial charge in [-0.2, -0.15) is 5.26 Å². The molecule has 4 nitrogen and oxygen atoms in total. The zero-order valence-electron chi connectivity index (χ0n) is 15.3. The van der Waals surface area contributed by atoms with Crippen LogP contribution < -0.4 is 5.56 Å². The molecule has 3 aromatic rings. The Hall–Kier alpha value is -2.10. The van der Waals surface area contributed by atoms with Gasteiger partial charge in [0.05, 0.1) is 16.7 Å². The average molecular weight is 396 g/mol. The Labute approximate surface area is 166 Å². The number of hydrogen-bond acceptors (Lipinski definition) is 5. The van der Waals surface area contributed by atoms with Crippen molar-refractivity contribution < 1.29 is 0 Å². The molecule has 1 atom stereocenters. The Bertz CT molecular complexity index is 1060. The molecular formula is C21H21N3OS2. The highest BCUT2D eigenvalue weighted by molar-refractivity contribution is 8.00. The van der Waals surface area contributed by atoms with Crippen molar-refractivity contribution in [3.8, 4) is 6.07 Å². The van der Waals surface area contributed by atoms with Crippen LogP contribution in [0.1, 0.15) is 35.8 Å². The van der Waals surface area contributed by atoms with Gasteiger partial charge in [-0.05, 0) is 50.2 Å². The van der Waals surface area contributed by atoms with Crippen molar-refractivity contribution in [2.45, 2.75) is 56.0 Å². The molecule has 0 fully saturated rings. The molecule has 0 saturated carbocycles. The maximum absolute atomic E-state index is 13.4.